The number of aromatic nitrogens is 2. The van der Waals surface area contributed by atoms with Gasteiger partial charge in [0.05, 0.1) is 28.7 Å². The maximum absolute atomic E-state index is 14.8. The van der Waals surface area contributed by atoms with Crippen LogP contribution >= 0.6 is 0 Å². The zero-order chi connectivity index (χ0) is 21.3. The largest absolute Gasteiger partial charge is 0.451 e. The van der Waals surface area contributed by atoms with Gasteiger partial charge in [-0.05, 0) is 37.6 Å². The van der Waals surface area contributed by atoms with Crippen molar-refractivity contribution in [2.45, 2.75) is 20.3 Å². The first-order valence-electron chi connectivity index (χ1n) is 8.76. The average molecular weight is 423 g/mol. The van der Waals surface area contributed by atoms with Gasteiger partial charge in [-0.3, -0.25) is 9.52 Å². The third-order valence-corrected chi connectivity index (χ3v) is 5.77. The molecule has 1 aromatic heterocycles. The van der Waals surface area contributed by atoms with Gasteiger partial charge in [0.15, 0.2) is 11.6 Å². The molecule has 10 heteroatoms. The molecule has 154 valence electrons. The molecular formula is C19H19F2N3O4S. The number of nitrogens with one attached hydrogen (secondary N) is 1. The molecule has 0 unspecified atom stereocenters. The molecule has 0 aliphatic heterocycles. The third kappa shape index (κ3) is 4.07. The first-order valence-corrected chi connectivity index (χ1v) is 10.4. The molecule has 0 spiro atoms. The summed E-state index contributed by atoms with van der Waals surface area (Å²) in [5.41, 5.74) is 0.0118. The van der Waals surface area contributed by atoms with Crippen LogP contribution in [-0.2, 0) is 17.1 Å². The number of rotatable bonds is 6. The minimum atomic E-state index is -3.78. The summed E-state index contributed by atoms with van der Waals surface area (Å²) in [7, 11) is -2.24. The summed E-state index contributed by atoms with van der Waals surface area (Å²) in [6.07, 6.45) is 1.70. The van der Waals surface area contributed by atoms with Crippen molar-refractivity contribution in [3.05, 3.63) is 58.1 Å². The number of nitrogens with zero attached hydrogens (tertiary/aromatic N) is 2. The molecule has 3 rings (SSSR count). The van der Waals surface area contributed by atoms with Crippen molar-refractivity contribution in [1.29, 1.82) is 0 Å². The van der Waals surface area contributed by atoms with E-state index in [4.69, 9.17) is 4.74 Å². The maximum atomic E-state index is 14.8. The van der Waals surface area contributed by atoms with Crippen LogP contribution in [0, 0.1) is 18.6 Å². The average Bonchev–Trinajstić information content (AvgIpc) is 2.65. The predicted octanol–water partition coefficient (Wildman–Crippen LogP) is 3.46. The number of hydrogen-bond donors (Lipinski definition) is 1. The Hall–Kier alpha value is -3.01. The van der Waals surface area contributed by atoms with Gasteiger partial charge in [0.2, 0.25) is 15.8 Å². The number of ether oxygens (including phenoxy) is 1. The van der Waals surface area contributed by atoms with Crippen molar-refractivity contribution in [3.8, 4) is 11.5 Å². The monoisotopic (exact) mass is 423 g/mol. The number of sulfonamides is 1. The Morgan fingerprint density at radius 3 is 2.62 bits per heavy atom. The highest BCUT2D eigenvalue weighted by molar-refractivity contribution is 7.92. The van der Waals surface area contributed by atoms with E-state index in [0.717, 1.165) is 12.1 Å². The number of hydrogen-bond acceptors (Lipinski definition) is 5. The highest BCUT2D eigenvalue weighted by Crippen LogP contribution is 2.35. The minimum absolute atomic E-state index is 0.0500. The number of halogens is 2. The maximum Gasteiger partial charge on any atom is 0.261 e. The van der Waals surface area contributed by atoms with Crippen LogP contribution in [0.15, 0.2) is 35.4 Å². The molecule has 0 aliphatic rings. The Bertz CT molecular complexity index is 1260. The second kappa shape index (κ2) is 7.78. The molecule has 1 N–H and O–H groups in total. The van der Waals surface area contributed by atoms with Crippen molar-refractivity contribution in [2.75, 3.05) is 10.5 Å². The molecule has 0 radical (unpaired) electrons. The van der Waals surface area contributed by atoms with Crippen LogP contribution in [0.3, 0.4) is 0 Å². The highest BCUT2D eigenvalue weighted by Gasteiger charge is 2.21. The van der Waals surface area contributed by atoms with Gasteiger partial charge in [0.1, 0.15) is 5.75 Å². The van der Waals surface area contributed by atoms with Crippen molar-refractivity contribution in [1.82, 2.24) is 9.55 Å². The van der Waals surface area contributed by atoms with Crippen LogP contribution in [0.1, 0.15) is 18.9 Å². The van der Waals surface area contributed by atoms with Crippen LogP contribution in [0.4, 0.5) is 14.5 Å². The van der Waals surface area contributed by atoms with Crippen LogP contribution in [0.25, 0.3) is 10.9 Å². The molecule has 3 aromatic rings. The van der Waals surface area contributed by atoms with Crippen molar-refractivity contribution >= 4 is 26.6 Å². The molecular weight excluding hydrogens is 404 g/mol. The summed E-state index contributed by atoms with van der Waals surface area (Å²) < 4.78 is 61.7. The number of aryl methyl sites for hydroxylation is 2. The van der Waals surface area contributed by atoms with Gasteiger partial charge in [-0.25, -0.2) is 22.2 Å². The van der Waals surface area contributed by atoms with Crippen LogP contribution in [0.5, 0.6) is 11.5 Å². The van der Waals surface area contributed by atoms with Crippen LogP contribution in [0.2, 0.25) is 0 Å². The quantitative estimate of drug-likeness (QED) is 0.656. The Morgan fingerprint density at radius 1 is 1.21 bits per heavy atom. The predicted molar refractivity (Wildman–Crippen MR) is 106 cm³/mol. The van der Waals surface area contributed by atoms with Crippen LogP contribution in [-0.4, -0.2) is 23.7 Å². The number of benzene rings is 2. The molecule has 0 aliphatic carbocycles. The van der Waals surface area contributed by atoms with Crippen molar-refractivity contribution in [2.24, 2.45) is 7.05 Å². The van der Waals surface area contributed by atoms with Gasteiger partial charge < -0.3 is 9.30 Å². The van der Waals surface area contributed by atoms with Crippen LogP contribution < -0.4 is 15.0 Å². The second-order valence-corrected chi connectivity index (χ2v) is 8.35. The summed E-state index contributed by atoms with van der Waals surface area (Å²) in [5.74, 6) is -3.14. The molecule has 7 nitrogen and oxygen atoms in total. The lowest BCUT2D eigenvalue weighted by atomic mass is 10.1. The van der Waals surface area contributed by atoms with E-state index in [2.05, 4.69) is 9.71 Å². The van der Waals surface area contributed by atoms with Gasteiger partial charge in [0.25, 0.3) is 5.56 Å². The first-order chi connectivity index (χ1) is 13.6. The van der Waals surface area contributed by atoms with E-state index in [1.54, 1.807) is 13.8 Å². The molecule has 1 heterocycles. The first kappa shape index (κ1) is 20.7. The lowest BCUT2D eigenvalue weighted by molar-refractivity contribution is 0.407. The minimum Gasteiger partial charge on any atom is -0.451 e. The number of fused-ring (bicyclic) bond motifs is 1. The molecule has 0 amide bonds. The van der Waals surface area contributed by atoms with Crippen molar-refractivity contribution in [3.63, 3.8) is 0 Å². The van der Waals surface area contributed by atoms with E-state index in [1.165, 1.54) is 30.1 Å². The van der Waals surface area contributed by atoms with Gasteiger partial charge in [-0.2, -0.15) is 0 Å². The summed E-state index contributed by atoms with van der Waals surface area (Å²) in [4.78, 5) is 16.5. The second-order valence-electron chi connectivity index (χ2n) is 6.50. The summed E-state index contributed by atoms with van der Waals surface area (Å²) >= 11 is 0. The smallest absolute Gasteiger partial charge is 0.261 e. The SMILES string of the molecule is CCCS(=O)(=O)Nc1ccc(F)c(Oc2ccc3ncn(C)c(=O)c3c2C)c1F. The zero-order valence-corrected chi connectivity index (χ0v) is 16.8. The fraction of sp³-hybridized carbons (Fsp3) is 0.263. The summed E-state index contributed by atoms with van der Waals surface area (Å²) in [5, 5.41) is 0.258. The van der Waals surface area contributed by atoms with Gasteiger partial charge in [0, 0.05) is 12.6 Å². The highest BCUT2D eigenvalue weighted by atomic mass is 32.2. The fourth-order valence-corrected chi connectivity index (χ4v) is 3.98. The Kier molecular flexibility index (Phi) is 5.56. The summed E-state index contributed by atoms with van der Waals surface area (Å²) in [6, 6.07) is 4.83. The lowest BCUT2D eigenvalue weighted by Gasteiger charge is -2.15. The zero-order valence-electron chi connectivity index (χ0n) is 16.0. The van der Waals surface area contributed by atoms with E-state index in [9.17, 15) is 22.0 Å². The Balaban J connectivity index is 2.07. The van der Waals surface area contributed by atoms with E-state index in [0.29, 0.717) is 17.5 Å². The van der Waals surface area contributed by atoms with Gasteiger partial charge >= 0.3 is 0 Å². The van der Waals surface area contributed by atoms with E-state index < -0.39 is 33.1 Å². The normalized spacial score (nSPS) is 11.6. The molecule has 0 saturated heterocycles. The molecule has 0 atom stereocenters. The molecule has 0 bridgehead atoms. The fourth-order valence-electron chi connectivity index (χ4n) is 2.85. The Morgan fingerprint density at radius 2 is 1.93 bits per heavy atom. The van der Waals surface area contributed by atoms with Gasteiger partial charge in [-0.1, -0.05) is 6.92 Å². The van der Waals surface area contributed by atoms with E-state index in [1.807, 2.05) is 0 Å². The van der Waals surface area contributed by atoms with Crippen molar-refractivity contribution < 1.29 is 21.9 Å². The topological polar surface area (TPSA) is 90.3 Å². The Labute approximate surface area is 166 Å². The standard InChI is InChI=1S/C19H19F2N3O4S/c1-4-9-29(26,27)23-14-6-5-12(20)18(17(14)21)28-15-8-7-13-16(11(15)2)19(25)24(3)10-22-13/h5-8,10,23H,4,9H2,1-3H3. The molecule has 29 heavy (non-hydrogen) atoms. The lowest BCUT2D eigenvalue weighted by Crippen LogP contribution is -2.18. The van der Waals surface area contributed by atoms with E-state index >= 15 is 0 Å². The van der Waals surface area contributed by atoms with E-state index in [-0.39, 0.29) is 22.4 Å². The molecule has 0 saturated carbocycles. The summed E-state index contributed by atoms with van der Waals surface area (Å²) in [6.45, 7) is 3.24. The molecule has 2 aromatic carbocycles. The van der Waals surface area contributed by atoms with Gasteiger partial charge in [-0.15, -0.1) is 0 Å². The molecule has 0 fully saturated rings. The number of anilines is 1. The third-order valence-electron chi connectivity index (χ3n) is 4.30.